The van der Waals surface area contributed by atoms with Crippen molar-refractivity contribution in [1.29, 1.82) is 0 Å². The molecule has 2 nitrogen and oxygen atoms in total. The molecule has 0 fully saturated rings. The van der Waals surface area contributed by atoms with Crippen LogP contribution in [0.1, 0.15) is 0 Å². The SMILES string of the molecule is COc1cccc2c[c-]cnc12.[K+]. The van der Waals surface area contributed by atoms with Gasteiger partial charge in [0.1, 0.15) is 5.75 Å². The van der Waals surface area contributed by atoms with Gasteiger partial charge in [-0.3, -0.25) is 4.98 Å². The zero-order valence-electron chi connectivity index (χ0n) is 7.74. The molecule has 1 aromatic heterocycles. The number of ether oxygens (including phenoxy) is 1. The smallest absolute Gasteiger partial charge is 0.496 e. The molecule has 0 unspecified atom stereocenters. The van der Waals surface area contributed by atoms with Crippen LogP contribution in [0.15, 0.2) is 30.5 Å². The van der Waals surface area contributed by atoms with E-state index in [-0.39, 0.29) is 51.4 Å². The maximum Gasteiger partial charge on any atom is 1.00 e. The normalized spacial score (nSPS) is 9.31. The van der Waals surface area contributed by atoms with Gasteiger partial charge < -0.3 is 4.74 Å². The van der Waals surface area contributed by atoms with Gasteiger partial charge in [-0.15, -0.1) is 11.5 Å². The van der Waals surface area contributed by atoms with Crippen molar-refractivity contribution in [3.63, 3.8) is 0 Å². The molecule has 0 aliphatic rings. The molecule has 2 aromatic rings. The van der Waals surface area contributed by atoms with E-state index >= 15 is 0 Å². The van der Waals surface area contributed by atoms with Crippen molar-refractivity contribution in [2.75, 3.05) is 7.11 Å². The van der Waals surface area contributed by atoms with Gasteiger partial charge in [-0.1, -0.05) is 12.3 Å². The summed E-state index contributed by atoms with van der Waals surface area (Å²) >= 11 is 0. The van der Waals surface area contributed by atoms with E-state index in [9.17, 15) is 0 Å². The zero-order chi connectivity index (χ0) is 8.39. The number of methoxy groups -OCH3 is 1. The first-order valence-corrected chi connectivity index (χ1v) is 3.70. The summed E-state index contributed by atoms with van der Waals surface area (Å²) in [6.45, 7) is 0. The Bertz CT molecular complexity index is 398. The molecule has 0 bridgehead atoms. The quantitative estimate of drug-likeness (QED) is 0.434. The fraction of sp³-hybridized carbons (Fsp3) is 0.100. The number of nitrogens with zero attached hydrogens (tertiary/aromatic N) is 1. The first-order valence-electron chi connectivity index (χ1n) is 3.70. The Morgan fingerprint density at radius 2 is 2.23 bits per heavy atom. The molecule has 0 amide bonds. The monoisotopic (exact) mass is 197 g/mol. The molecule has 0 atom stereocenters. The Hall–Kier alpha value is 0.0664. The Kier molecular flexibility index (Phi) is 4.35. The molecule has 3 heteroatoms. The van der Waals surface area contributed by atoms with Crippen LogP contribution in [0.4, 0.5) is 0 Å². The van der Waals surface area contributed by atoms with Crippen molar-refractivity contribution in [2.45, 2.75) is 0 Å². The third-order valence-electron chi connectivity index (χ3n) is 1.76. The van der Waals surface area contributed by atoms with Gasteiger partial charge in [-0.2, -0.15) is 0 Å². The van der Waals surface area contributed by atoms with Gasteiger partial charge in [-0.05, 0) is 6.07 Å². The van der Waals surface area contributed by atoms with Crippen molar-refractivity contribution in [3.05, 3.63) is 36.5 Å². The van der Waals surface area contributed by atoms with E-state index in [1.165, 1.54) is 0 Å². The second-order valence-electron chi connectivity index (χ2n) is 2.47. The van der Waals surface area contributed by atoms with E-state index in [1.54, 1.807) is 13.3 Å². The first-order chi connectivity index (χ1) is 5.92. The fourth-order valence-electron chi connectivity index (χ4n) is 1.19. The molecular formula is C10H8KNO. The summed E-state index contributed by atoms with van der Waals surface area (Å²) in [5.41, 5.74) is 0.888. The molecule has 0 saturated heterocycles. The molecule has 0 N–H and O–H groups in total. The number of fused-ring (bicyclic) bond motifs is 1. The summed E-state index contributed by atoms with van der Waals surface area (Å²) in [6.07, 6.45) is 1.64. The summed E-state index contributed by atoms with van der Waals surface area (Å²) in [7, 11) is 1.65. The summed E-state index contributed by atoms with van der Waals surface area (Å²) in [6, 6.07) is 10.6. The summed E-state index contributed by atoms with van der Waals surface area (Å²) < 4.78 is 5.15. The number of pyridine rings is 1. The van der Waals surface area contributed by atoms with Gasteiger partial charge in [0.15, 0.2) is 0 Å². The van der Waals surface area contributed by atoms with Crippen LogP contribution >= 0.6 is 0 Å². The number of hydrogen-bond donors (Lipinski definition) is 0. The van der Waals surface area contributed by atoms with Crippen LogP contribution < -0.4 is 56.1 Å². The third kappa shape index (κ3) is 2.30. The van der Waals surface area contributed by atoms with E-state index in [0.29, 0.717) is 0 Å². The van der Waals surface area contributed by atoms with E-state index < -0.39 is 0 Å². The molecule has 1 aromatic carbocycles. The number of benzene rings is 1. The number of hydrogen-bond acceptors (Lipinski definition) is 2. The first kappa shape index (κ1) is 11.1. The molecule has 60 valence electrons. The number of aromatic nitrogens is 1. The predicted octanol–water partition coefficient (Wildman–Crippen LogP) is -0.952. The van der Waals surface area contributed by atoms with Crippen LogP contribution in [-0.4, -0.2) is 12.1 Å². The zero-order valence-corrected chi connectivity index (χ0v) is 10.9. The molecule has 0 saturated carbocycles. The second kappa shape index (κ2) is 5.07. The number of rotatable bonds is 1. The molecule has 13 heavy (non-hydrogen) atoms. The molecule has 0 aliphatic heterocycles. The average Bonchev–Trinajstić information content (AvgIpc) is 2.17. The van der Waals surface area contributed by atoms with Crippen LogP contribution in [0, 0.1) is 6.07 Å². The largest absolute Gasteiger partial charge is 1.00 e. The van der Waals surface area contributed by atoms with Crippen LogP contribution in [0.25, 0.3) is 10.9 Å². The summed E-state index contributed by atoms with van der Waals surface area (Å²) in [4.78, 5) is 4.17. The molecule has 0 spiro atoms. The van der Waals surface area contributed by atoms with E-state index in [4.69, 9.17) is 4.74 Å². The minimum absolute atomic E-state index is 0. The molecule has 0 aliphatic carbocycles. The van der Waals surface area contributed by atoms with Crippen LogP contribution in [0.5, 0.6) is 5.75 Å². The van der Waals surface area contributed by atoms with Crippen molar-refractivity contribution in [3.8, 4) is 5.75 Å². The maximum absolute atomic E-state index is 5.15. The van der Waals surface area contributed by atoms with Gasteiger partial charge >= 0.3 is 51.4 Å². The molecule has 1 heterocycles. The Morgan fingerprint density at radius 1 is 1.38 bits per heavy atom. The Morgan fingerprint density at radius 3 is 3.00 bits per heavy atom. The van der Waals surface area contributed by atoms with Crippen molar-refractivity contribution < 1.29 is 56.1 Å². The standard InChI is InChI=1S/C10H8NO.K/c1-12-9-6-2-4-8-5-3-7-11-10(8)9;/h2,4-7H,1H3;/q-1;+1. The van der Waals surface area contributed by atoms with Gasteiger partial charge in [0.05, 0.1) is 7.11 Å². The predicted molar refractivity (Wildman–Crippen MR) is 47.1 cm³/mol. The number of para-hydroxylation sites is 1. The maximum atomic E-state index is 5.15. The van der Waals surface area contributed by atoms with Crippen LogP contribution in [0.3, 0.4) is 0 Å². The Labute approximate surface area is 120 Å². The van der Waals surface area contributed by atoms with Crippen molar-refractivity contribution in [1.82, 2.24) is 4.98 Å². The molecular weight excluding hydrogens is 189 g/mol. The fourth-order valence-corrected chi connectivity index (χ4v) is 1.19. The Balaban J connectivity index is 0.000000845. The van der Waals surface area contributed by atoms with Gasteiger partial charge in [0.25, 0.3) is 0 Å². The minimum atomic E-state index is 0. The molecule has 2 rings (SSSR count). The summed E-state index contributed by atoms with van der Waals surface area (Å²) in [5, 5.41) is 1.05. The van der Waals surface area contributed by atoms with E-state index in [2.05, 4.69) is 11.1 Å². The van der Waals surface area contributed by atoms with Crippen LogP contribution in [0.2, 0.25) is 0 Å². The second-order valence-corrected chi connectivity index (χ2v) is 2.47. The van der Waals surface area contributed by atoms with Crippen molar-refractivity contribution >= 4 is 10.9 Å². The molecule has 0 radical (unpaired) electrons. The van der Waals surface area contributed by atoms with Gasteiger partial charge in [-0.25, -0.2) is 12.1 Å². The van der Waals surface area contributed by atoms with Gasteiger partial charge in [0.2, 0.25) is 0 Å². The summed E-state index contributed by atoms with van der Waals surface area (Å²) in [5.74, 6) is 0.807. The minimum Gasteiger partial charge on any atom is -0.496 e. The average molecular weight is 197 g/mol. The van der Waals surface area contributed by atoms with E-state index in [1.807, 2.05) is 24.3 Å². The van der Waals surface area contributed by atoms with Gasteiger partial charge in [0, 0.05) is 5.52 Å². The van der Waals surface area contributed by atoms with Crippen molar-refractivity contribution in [2.24, 2.45) is 0 Å². The third-order valence-corrected chi connectivity index (χ3v) is 1.76. The topological polar surface area (TPSA) is 22.1 Å². The van der Waals surface area contributed by atoms with Crippen LogP contribution in [-0.2, 0) is 0 Å². The van der Waals surface area contributed by atoms with E-state index in [0.717, 1.165) is 16.7 Å².